The number of hydrogen-bond donors (Lipinski definition) is 1. The van der Waals surface area contributed by atoms with Gasteiger partial charge in [-0.1, -0.05) is 30.3 Å². The number of aromatic nitrogens is 4. The van der Waals surface area contributed by atoms with Crippen LogP contribution in [0.3, 0.4) is 0 Å². The zero-order chi connectivity index (χ0) is 32.4. The number of nitrogens with one attached hydrogen (secondary N) is 1. The first kappa shape index (κ1) is 31.9. The van der Waals surface area contributed by atoms with Gasteiger partial charge >= 0.3 is 0 Å². The van der Waals surface area contributed by atoms with Crippen molar-refractivity contribution in [2.24, 2.45) is 4.99 Å². The Bertz CT molecular complexity index is 1870. The van der Waals surface area contributed by atoms with Crippen LogP contribution in [-0.2, 0) is 16.1 Å². The highest BCUT2D eigenvalue weighted by molar-refractivity contribution is 6.35. The molecule has 0 spiro atoms. The van der Waals surface area contributed by atoms with E-state index in [2.05, 4.69) is 33.5 Å². The molecule has 4 aromatic rings. The van der Waals surface area contributed by atoms with E-state index in [1.165, 1.54) is 12.2 Å². The summed E-state index contributed by atoms with van der Waals surface area (Å²) in [5.41, 5.74) is 2.43. The van der Waals surface area contributed by atoms with Gasteiger partial charge in [0.25, 0.3) is 0 Å². The minimum Gasteiger partial charge on any atom is -0.367 e. The molecular formula is C33H34ClF2N7O2. The molecule has 9 nitrogen and oxygen atoms in total. The van der Waals surface area contributed by atoms with Gasteiger partial charge < -0.3 is 14.5 Å². The Labute approximate surface area is 265 Å². The molecule has 1 aliphatic heterocycles. The van der Waals surface area contributed by atoms with Gasteiger partial charge in [-0.3, -0.25) is 14.9 Å². The van der Waals surface area contributed by atoms with Crippen LogP contribution >= 0.6 is 11.6 Å². The first-order valence-corrected chi connectivity index (χ1v) is 14.8. The van der Waals surface area contributed by atoms with Crippen LogP contribution in [0.2, 0.25) is 5.02 Å². The van der Waals surface area contributed by atoms with Crippen molar-refractivity contribution in [3.63, 3.8) is 0 Å². The predicted octanol–water partition coefficient (Wildman–Crippen LogP) is 6.86. The largest absolute Gasteiger partial charge is 0.367 e. The second-order valence-electron chi connectivity index (χ2n) is 11.0. The molecule has 0 aliphatic carbocycles. The lowest BCUT2D eigenvalue weighted by atomic mass is 9.95. The number of aliphatic imine (C=N–C) groups is 1. The molecule has 0 bridgehead atoms. The normalized spacial score (nSPS) is 17.8. The molecule has 1 saturated heterocycles. The third-order valence-corrected chi connectivity index (χ3v) is 8.25. The Hall–Kier alpha value is -4.48. The third kappa shape index (κ3) is 6.10. The molecule has 234 valence electrons. The van der Waals surface area contributed by atoms with E-state index in [1.54, 1.807) is 30.2 Å². The lowest BCUT2D eigenvalue weighted by molar-refractivity contribution is -0.128. The molecule has 0 saturated carbocycles. The number of carbonyl (C=O) groups excluding carboxylic acids is 1. The van der Waals surface area contributed by atoms with Gasteiger partial charge in [-0.15, -0.1) is 0 Å². The fourth-order valence-electron chi connectivity index (χ4n) is 5.71. The Morgan fingerprint density at radius 3 is 2.71 bits per heavy atom. The van der Waals surface area contributed by atoms with Crippen molar-refractivity contribution in [2.75, 3.05) is 24.6 Å². The van der Waals surface area contributed by atoms with Crippen LogP contribution < -0.4 is 4.90 Å². The monoisotopic (exact) mass is 633 g/mol. The van der Waals surface area contributed by atoms with Crippen LogP contribution in [0.25, 0.3) is 32.9 Å². The van der Waals surface area contributed by atoms with Crippen molar-refractivity contribution >= 4 is 51.8 Å². The van der Waals surface area contributed by atoms with Crippen LogP contribution in [0.5, 0.6) is 0 Å². The average molecular weight is 634 g/mol. The zero-order valence-electron chi connectivity index (χ0n) is 25.6. The molecular weight excluding hydrogens is 600 g/mol. The molecule has 1 fully saturated rings. The number of halogens is 3. The maximum atomic E-state index is 16.8. The van der Waals surface area contributed by atoms with Gasteiger partial charge in [-0.25, -0.2) is 18.7 Å². The number of fused-ring (bicyclic) bond motifs is 2. The summed E-state index contributed by atoms with van der Waals surface area (Å²) >= 11 is 6.88. The minimum absolute atomic E-state index is 0.0171. The molecule has 1 amide bonds. The Morgan fingerprint density at radius 1 is 1.22 bits per heavy atom. The number of benzene rings is 2. The standard InChI is InChI=1S/C33H34ClF2N7O2/c1-7-9-24(35)26(37-6)16-45-17-27-39-32-21(33(40-27)43-15-19(4)42(14-20(43)5)28(44)8-2)12-23(34)30(31(32)36)29-18(3)10-11-25-22(29)13-38-41-25/h7-13,19-20H,2,6,14-17H2,1,3-5H3,(H,38,41)/b9-7-,26-24+/t19-,20+/m1/s1. The van der Waals surface area contributed by atoms with E-state index in [9.17, 15) is 9.18 Å². The number of carbonyl (C=O) groups is 1. The molecule has 12 heteroatoms. The van der Waals surface area contributed by atoms with Gasteiger partial charge in [0.2, 0.25) is 5.91 Å². The average Bonchev–Trinajstić information content (AvgIpc) is 3.50. The minimum atomic E-state index is -0.618. The van der Waals surface area contributed by atoms with Crippen LogP contribution in [0, 0.1) is 12.7 Å². The Kier molecular flexibility index (Phi) is 9.40. The smallest absolute Gasteiger partial charge is 0.246 e. The second-order valence-corrected chi connectivity index (χ2v) is 11.4. The number of rotatable bonds is 9. The lowest BCUT2D eigenvalue weighted by Crippen LogP contribution is -2.58. The van der Waals surface area contributed by atoms with Crippen LogP contribution in [-0.4, -0.2) is 69.5 Å². The molecule has 1 N–H and O–H groups in total. The summed E-state index contributed by atoms with van der Waals surface area (Å²) in [6.07, 6.45) is 5.75. The van der Waals surface area contributed by atoms with Crippen molar-refractivity contribution in [1.82, 2.24) is 25.1 Å². The number of anilines is 1. The highest BCUT2D eigenvalue weighted by Crippen LogP contribution is 2.42. The highest BCUT2D eigenvalue weighted by Gasteiger charge is 2.34. The van der Waals surface area contributed by atoms with E-state index in [4.69, 9.17) is 21.3 Å². The lowest BCUT2D eigenvalue weighted by Gasteiger charge is -2.44. The molecule has 2 aromatic heterocycles. The van der Waals surface area contributed by atoms with Gasteiger partial charge in [0.15, 0.2) is 11.6 Å². The quantitative estimate of drug-likeness (QED) is 0.123. The fraction of sp³-hybridized carbons (Fsp3) is 0.303. The molecule has 1 aliphatic rings. The maximum Gasteiger partial charge on any atom is 0.246 e. The summed E-state index contributed by atoms with van der Waals surface area (Å²) in [7, 11) is 0. The van der Waals surface area contributed by atoms with Gasteiger partial charge in [-0.05, 0) is 64.3 Å². The van der Waals surface area contributed by atoms with Gasteiger partial charge in [0.1, 0.15) is 29.5 Å². The molecule has 0 unspecified atom stereocenters. The van der Waals surface area contributed by atoms with Crippen LogP contribution in [0.4, 0.5) is 14.6 Å². The summed E-state index contributed by atoms with van der Waals surface area (Å²) in [6, 6.07) is 5.07. The number of ether oxygens (including phenoxy) is 1. The number of allylic oxidation sites excluding steroid dienone is 3. The second kappa shape index (κ2) is 13.3. The summed E-state index contributed by atoms with van der Waals surface area (Å²) in [6.45, 7) is 15.0. The van der Waals surface area contributed by atoms with Gasteiger partial charge in [0, 0.05) is 47.1 Å². The van der Waals surface area contributed by atoms with Crippen molar-refractivity contribution in [3.8, 4) is 11.1 Å². The molecule has 0 radical (unpaired) electrons. The van der Waals surface area contributed by atoms with E-state index >= 15 is 4.39 Å². The number of amides is 1. The maximum absolute atomic E-state index is 16.8. The first-order valence-electron chi connectivity index (χ1n) is 14.5. The highest BCUT2D eigenvalue weighted by atomic mass is 35.5. The van der Waals surface area contributed by atoms with E-state index < -0.39 is 11.6 Å². The molecule has 5 rings (SSSR count). The van der Waals surface area contributed by atoms with Crippen molar-refractivity contribution < 1.29 is 18.3 Å². The molecule has 2 aromatic carbocycles. The van der Waals surface area contributed by atoms with E-state index in [-0.39, 0.29) is 58.8 Å². The van der Waals surface area contributed by atoms with E-state index in [0.29, 0.717) is 29.9 Å². The number of aromatic amines is 1. The predicted molar refractivity (Wildman–Crippen MR) is 175 cm³/mol. The summed E-state index contributed by atoms with van der Waals surface area (Å²) < 4.78 is 36.9. The summed E-state index contributed by atoms with van der Waals surface area (Å²) in [5, 5.41) is 8.39. The number of aryl methyl sites for hydroxylation is 1. The Morgan fingerprint density at radius 2 is 2.00 bits per heavy atom. The zero-order valence-corrected chi connectivity index (χ0v) is 26.3. The molecule has 45 heavy (non-hydrogen) atoms. The number of piperazine rings is 1. The summed E-state index contributed by atoms with van der Waals surface area (Å²) in [5.74, 6) is -0.721. The third-order valence-electron chi connectivity index (χ3n) is 7.96. The molecule has 2 atom stereocenters. The molecule has 3 heterocycles. The van der Waals surface area contributed by atoms with Crippen LogP contribution in [0.1, 0.15) is 32.2 Å². The first-order chi connectivity index (χ1) is 21.6. The van der Waals surface area contributed by atoms with Gasteiger partial charge in [0.05, 0.1) is 23.3 Å². The number of nitrogens with zero attached hydrogens (tertiary/aromatic N) is 6. The van der Waals surface area contributed by atoms with E-state index in [0.717, 1.165) is 16.5 Å². The number of H-pyrrole nitrogens is 1. The van der Waals surface area contributed by atoms with E-state index in [1.807, 2.05) is 37.8 Å². The topological polar surface area (TPSA) is 99.6 Å². The van der Waals surface area contributed by atoms with Crippen molar-refractivity contribution in [1.29, 1.82) is 0 Å². The SMILES string of the molecule is C=CC(=O)N1C[C@H](C)N(c2nc(COC/C(N=C)=C(F)/C=C\C)nc3c(F)c(-c4c(C)ccc5[nH]ncc45)c(Cl)cc23)C[C@H]1C. The Balaban J connectivity index is 1.65. The number of hydrogen-bond acceptors (Lipinski definition) is 7. The van der Waals surface area contributed by atoms with Crippen LogP contribution in [0.15, 0.2) is 65.7 Å². The summed E-state index contributed by atoms with van der Waals surface area (Å²) in [4.78, 5) is 29.4. The van der Waals surface area contributed by atoms with Crippen molar-refractivity contribution in [2.45, 2.75) is 46.4 Å². The van der Waals surface area contributed by atoms with Gasteiger partial charge in [-0.2, -0.15) is 5.10 Å². The van der Waals surface area contributed by atoms with Crippen molar-refractivity contribution in [3.05, 3.63) is 83.0 Å². The fourth-order valence-corrected chi connectivity index (χ4v) is 6.00.